The van der Waals surface area contributed by atoms with Crippen molar-refractivity contribution < 1.29 is 18.3 Å². The van der Waals surface area contributed by atoms with Gasteiger partial charge in [0.2, 0.25) is 0 Å². The second-order valence-corrected chi connectivity index (χ2v) is 9.29. The highest BCUT2D eigenvalue weighted by atomic mass is 19.4. The van der Waals surface area contributed by atoms with Gasteiger partial charge in [-0.15, -0.1) is 0 Å². The lowest BCUT2D eigenvalue weighted by molar-refractivity contribution is -0.128. The van der Waals surface area contributed by atoms with Gasteiger partial charge in [0.1, 0.15) is 12.2 Å². The standard InChI is InChI=1S/C27H28F3N5O/c1-18(36)14-21-5-2-20(17-31-21)19-3-6-22(7-4-19)34-10-12-35(13-11-34)23-8-9-24-25(15-23)33-26(32-24)16-27(28,29)30/h2-9,15,17-18,36H,10-14,16H2,1H3,(H,32,33). The molecule has 1 fully saturated rings. The molecule has 188 valence electrons. The van der Waals surface area contributed by atoms with Crippen LogP contribution in [0.1, 0.15) is 18.4 Å². The number of pyridine rings is 1. The van der Waals surface area contributed by atoms with E-state index in [0.717, 1.165) is 54.4 Å². The van der Waals surface area contributed by atoms with E-state index in [4.69, 9.17) is 0 Å². The van der Waals surface area contributed by atoms with Crippen molar-refractivity contribution in [1.82, 2.24) is 15.0 Å². The van der Waals surface area contributed by atoms with Crippen molar-refractivity contribution in [2.45, 2.75) is 32.0 Å². The Labute approximate surface area is 207 Å². The van der Waals surface area contributed by atoms with Gasteiger partial charge in [-0.1, -0.05) is 18.2 Å². The Hall–Kier alpha value is -3.59. The van der Waals surface area contributed by atoms with E-state index in [1.807, 2.05) is 30.5 Å². The third-order valence-electron chi connectivity index (χ3n) is 6.42. The van der Waals surface area contributed by atoms with E-state index in [9.17, 15) is 18.3 Å². The molecule has 36 heavy (non-hydrogen) atoms. The maximum absolute atomic E-state index is 12.7. The molecule has 5 rings (SSSR count). The zero-order valence-corrected chi connectivity index (χ0v) is 20.0. The van der Waals surface area contributed by atoms with Gasteiger partial charge in [0.05, 0.1) is 17.1 Å². The van der Waals surface area contributed by atoms with Crippen LogP contribution in [0.15, 0.2) is 60.8 Å². The largest absolute Gasteiger partial charge is 0.396 e. The number of nitrogens with one attached hydrogen (secondary N) is 1. The molecule has 1 aliphatic rings. The van der Waals surface area contributed by atoms with E-state index in [1.165, 1.54) is 0 Å². The Kier molecular flexibility index (Phi) is 6.57. The van der Waals surface area contributed by atoms with E-state index in [1.54, 1.807) is 13.0 Å². The number of aromatic amines is 1. The molecule has 0 spiro atoms. The Bertz CT molecular complexity index is 1310. The summed E-state index contributed by atoms with van der Waals surface area (Å²) in [7, 11) is 0. The first-order chi connectivity index (χ1) is 17.2. The monoisotopic (exact) mass is 495 g/mol. The Morgan fingerprint density at radius 1 is 0.917 bits per heavy atom. The van der Waals surface area contributed by atoms with Crippen LogP contribution in [0.2, 0.25) is 0 Å². The van der Waals surface area contributed by atoms with Crippen molar-refractivity contribution in [1.29, 1.82) is 0 Å². The second-order valence-electron chi connectivity index (χ2n) is 9.29. The van der Waals surface area contributed by atoms with Crippen molar-refractivity contribution >= 4 is 22.4 Å². The zero-order valence-electron chi connectivity index (χ0n) is 20.0. The summed E-state index contributed by atoms with van der Waals surface area (Å²) in [6, 6.07) is 18.0. The van der Waals surface area contributed by atoms with E-state index in [0.29, 0.717) is 17.5 Å². The smallest absolute Gasteiger partial charge is 0.393 e. The molecule has 4 aromatic rings. The Morgan fingerprint density at radius 3 is 2.17 bits per heavy atom. The molecule has 0 amide bonds. The maximum atomic E-state index is 12.7. The van der Waals surface area contributed by atoms with Gasteiger partial charge in [0, 0.05) is 61.4 Å². The third-order valence-corrected chi connectivity index (χ3v) is 6.42. The molecule has 0 radical (unpaired) electrons. The summed E-state index contributed by atoms with van der Waals surface area (Å²) in [5.74, 6) is -0.0607. The average molecular weight is 496 g/mol. The molecule has 0 bridgehead atoms. The molecule has 1 saturated heterocycles. The van der Waals surface area contributed by atoms with Gasteiger partial charge in [-0.3, -0.25) is 4.98 Å². The summed E-state index contributed by atoms with van der Waals surface area (Å²) in [6.07, 6.45) is -3.37. The van der Waals surface area contributed by atoms with Crippen LogP contribution in [0.3, 0.4) is 0 Å². The van der Waals surface area contributed by atoms with Crippen molar-refractivity contribution in [3.63, 3.8) is 0 Å². The molecule has 2 aromatic carbocycles. The number of aromatic nitrogens is 3. The SMILES string of the molecule is CC(O)Cc1ccc(-c2ccc(N3CCN(c4ccc5nc(CC(F)(F)F)[nH]c5c4)CC3)cc2)cn1. The number of aliphatic hydroxyl groups is 1. The highest BCUT2D eigenvalue weighted by Gasteiger charge is 2.29. The quantitative estimate of drug-likeness (QED) is 0.395. The third kappa shape index (κ3) is 5.62. The lowest BCUT2D eigenvalue weighted by atomic mass is 10.1. The first-order valence-corrected chi connectivity index (χ1v) is 12.0. The number of halogens is 3. The minimum Gasteiger partial charge on any atom is -0.393 e. The zero-order chi connectivity index (χ0) is 25.3. The molecule has 9 heteroatoms. The average Bonchev–Trinajstić information content (AvgIpc) is 3.24. The van der Waals surface area contributed by atoms with Crippen molar-refractivity contribution in [2.24, 2.45) is 0 Å². The van der Waals surface area contributed by atoms with Gasteiger partial charge in [-0.05, 0) is 48.9 Å². The predicted octanol–water partition coefficient (Wildman–Crippen LogP) is 4.98. The van der Waals surface area contributed by atoms with E-state index in [2.05, 4.69) is 49.0 Å². The molecular formula is C27H28F3N5O. The fourth-order valence-electron chi connectivity index (χ4n) is 4.63. The van der Waals surface area contributed by atoms with Crippen molar-refractivity contribution in [3.8, 4) is 11.1 Å². The molecule has 0 aliphatic carbocycles. The number of benzene rings is 2. The lowest BCUT2D eigenvalue weighted by Crippen LogP contribution is -2.46. The van der Waals surface area contributed by atoms with Gasteiger partial charge >= 0.3 is 6.18 Å². The minimum atomic E-state index is -4.29. The molecule has 0 saturated carbocycles. The highest BCUT2D eigenvalue weighted by Crippen LogP contribution is 2.27. The molecule has 1 aliphatic heterocycles. The Balaban J connectivity index is 1.21. The number of anilines is 2. The Morgan fingerprint density at radius 2 is 1.56 bits per heavy atom. The predicted molar refractivity (Wildman–Crippen MR) is 135 cm³/mol. The number of alkyl halides is 3. The molecule has 2 aromatic heterocycles. The molecule has 6 nitrogen and oxygen atoms in total. The number of nitrogens with zero attached hydrogens (tertiary/aromatic N) is 4. The number of aliphatic hydroxyl groups excluding tert-OH is 1. The highest BCUT2D eigenvalue weighted by molar-refractivity contribution is 5.80. The number of hydrogen-bond donors (Lipinski definition) is 2. The normalized spacial score (nSPS) is 15.5. The fraction of sp³-hybridized carbons (Fsp3) is 0.333. The lowest BCUT2D eigenvalue weighted by Gasteiger charge is -2.37. The summed E-state index contributed by atoms with van der Waals surface area (Å²) < 4.78 is 38.1. The van der Waals surface area contributed by atoms with Gasteiger partial charge in [0.15, 0.2) is 0 Å². The van der Waals surface area contributed by atoms with Crippen molar-refractivity contribution in [3.05, 3.63) is 72.3 Å². The topological polar surface area (TPSA) is 68.3 Å². The number of imidazole rings is 1. The van der Waals surface area contributed by atoms with Crippen LogP contribution < -0.4 is 9.80 Å². The molecular weight excluding hydrogens is 467 g/mol. The first kappa shape index (κ1) is 24.1. The molecule has 2 N–H and O–H groups in total. The van der Waals surface area contributed by atoms with Gasteiger partial charge in [-0.2, -0.15) is 13.2 Å². The summed E-state index contributed by atoms with van der Waals surface area (Å²) in [4.78, 5) is 15.9. The van der Waals surface area contributed by atoms with Crippen LogP contribution in [0.25, 0.3) is 22.2 Å². The van der Waals surface area contributed by atoms with E-state index in [-0.39, 0.29) is 5.82 Å². The fourth-order valence-corrected chi connectivity index (χ4v) is 4.63. The van der Waals surface area contributed by atoms with Crippen LogP contribution in [-0.4, -0.2) is 58.5 Å². The molecule has 1 unspecified atom stereocenters. The van der Waals surface area contributed by atoms with Crippen LogP contribution in [0.4, 0.5) is 24.5 Å². The van der Waals surface area contributed by atoms with E-state index >= 15 is 0 Å². The number of fused-ring (bicyclic) bond motifs is 1. The van der Waals surface area contributed by atoms with Gasteiger partial charge < -0.3 is 19.9 Å². The minimum absolute atomic E-state index is 0.0607. The van der Waals surface area contributed by atoms with Crippen molar-refractivity contribution in [2.75, 3.05) is 36.0 Å². The van der Waals surface area contributed by atoms with Crippen LogP contribution >= 0.6 is 0 Å². The van der Waals surface area contributed by atoms with Crippen LogP contribution in [0.5, 0.6) is 0 Å². The summed E-state index contributed by atoms with van der Waals surface area (Å²) in [5, 5.41) is 9.52. The summed E-state index contributed by atoms with van der Waals surface area (Å²) in [5.41, 5.74) is 6.29. The summed E-state index contributed by atoms with van der Waals surface area (Å²) >= 11 is 0. The van der Waals surface area contributed by atoms with Crippen LogP contribution in [-0.2, 0) is 12.8 Å². The number of piperazine rings is 1. The number of hydrogen-bond acceptors (Lipinski definition) is 5. The second kappa shape index (κ2) is 9.81. The van der Waals surface area contributed by atoms with Gasteiger partial charge in [0.25, 0.3) is 0 Å². The first-order valence-electron chi connectivity index (χ1n) is 12.0. The number of H-pyrrole nitrogens is 1. The molecule has 3 heterocycles. The summed E-state index contributed by atoms with van der Waals surface area (Å²) in [6.45, 7) is 5.06. The molecule has 1 atom stereocenters. The van der Waals surface area contributed by atoms with Crippen LogP contribution in [0, 0.1) is 0 Å². The van der Waals surface area contributed by atoms with Gasteiger partial charge in [-0.25, -0.2) is 4.98 Å². The maximum Gasteiger partial charge on any atom is 0.396 e. The number of rotatable bonds is 6. The van der Waals surface area contributed by atoms with E-state index < -0.39 is 18.7 Å².